The van der Waals surface area contributed by atoms with Crippen LogP contribution < -0.4 is 4.74 Å². The summed E-state index contributed by atoms with van der Waals surface area (Å²) in [6, 6.07) is 21.2. The van der Waals surface area contributed by atoms with Gasteiger partial charge in [0.2, 0.25) is 11.8 Å². The summed E-state index contributed by atoms with van der Waals surface area (Å²) in [5.41, 5.74) is 1.59. The molecule has 0 bridgehead atoms. The summed E-state index contributed by atoms with van der Waals surface area (Å²) < 4.78 is 5.89. The number of piperidine rings is 1. The molecule has 1 amide bonds. The van der Waals surface area contributed by atoms with Gasteiger partial charge >= 0.3 is 0 Å². The number of halogens is 2. The van der Waals surface area contributed by atoms with E-state index in [2.05, 4.69) is 36.4 Å². The number of benzene rings is 2. The first-order valence-electron chi connectivity index (χ1n) is 12.3. The standard InChI is InChI=1S/C30H32Cl2N2O2/c1-4-16-30(3)20-26(23-8-7-9-25(32)19-23)28(22-11-13-24(31)14-12-22)34(29(30)35)21(2)15-18-36-27-10-5-6-17-33-27/h4-14,17,19,21,26,28H,1,15-16,18,20H2,2-3H3/t21-,26+,28+,30-/m0/s1. The molecule has 0 N–H and O–H groups in total. The van der Waals surface area contributed by atoms with Crippen LogP contribution in [0.4, 0.5) is 0 Å². The topological polar surface area (TPSA) is 42.4 Å². The Kier molecular flexibility index (Phi) is 8.38. The van der Waals surface area contributed by atoms with E-state index in [-0.39, 0.29) is 23.9 Å². The Labute approximate surface area is 223 Å². The van der Waals surface area contributed by atoms with Gasteiger partial charge in [-0.2, -0.15) is 0 Å². The Balaban J connectivity index is 1.73. The number of aromatic nitrogens is 1. The van der Waals surface area contributed by atoms with Crippen molar-refractivity contribution in [3.05, 3.63) is 107 Å². The Hall–Kier alpha value is -2.82. The minimum Gasteiger partial charge on any atom is -0.478 e. The highest BCUT2D eigenvalue weighted by atomic mass is 35.5. The Morgan fingerprint density at radius 1 is 1.11 bits per heavy atom. The summed E-state index contributed by atoms with van der Waals surface area (Å²) >= 11 is 12.7. The first-order chi connectivity index (χ1) is 17.3. The van der Waals surface area contributed by atoms with Crippen LogP contribution in [0.1, 0.15) is 56.2 Å². The highest BCUT2D eigenvalue weighted by Gasteiger charge is 2.50. The SMILES string of the molecule is C=CC[C@@]1(C)C[C@H](c2cccc(Cl)c2)[C@@H](c2ccc(Cl)cc2)N([C@@H](C)CCOc2ccccn2)C1=O. The monoisotopic (exact) mass is 522 g/mol. The molecule has 0 aliphatic carbocycles. The van der Waals surface area contributed by atoms with Crippen molar-refractivity contribution in [3.63, 3.8) is 0 Å². The summed E-state index contributed by atoms with van der Waals surface area (Å²) in [6.07, 6.45) is 5.52. The Morgan fingerprint density at radius 2 is 1.89 bits per heavy atom. The zero-order chi connectivity index (χ0) is 25.7. The third-order valence-corrected chi connectivity index (χ3v) is 7.57. The van der Waals surface area contributed by atoms with Gasteiger partial charge in [-0.3, -0.25) is 4.79 Å². The van der Waals surface area contributed by atoms with Crippen molar-refractivity contribution in [1.82, 2.24) is 9.88 Å². The Morgan fingerprint density at radius 3 is 2.56 bits per heavy atom. The maximum Gasteiger partial charge on any atom is 0.229 e. The van der Waals surface area contributed by atoms with Crippen molar-refractivity contribution < 1.29 is 9.53 Å². The molecule has 4 nitrogen and oxygen atoms in total. The number of nitrogens with zero attached hydrogens (tertiary/aromatic N) is 2. The van der Waals surface area contributed by atoms with Crippen LogP contribution in [0.25, 0.3) is 0 Å². The van der Waals surface area contributed by atoms with Crippen LogP contribution in [0.15, 0.2) is 85.6 Å². The molecule has 36 heavy (non-hydrogen) atoms. The number of pyridine rings is 1. The van der Waals surface area contributed by atoms with Crippen molar-refractivity contribution in [3.8, 4) is 5.88 Å². The molecule has 6 heteroatoms. The smallest absolute Gasteiger partial charge is 0.229 e. The predicted octanol–water partition coefficient (Wildman–Crippen LogP) is 7.89. The second-order valence-corrected chi connectivity index (χ2v) is 10.7. The molecule has 4 atom stereocenters. The minimum atomic E-state index is -0.576. The second-order valence-electron chi connectivity index (χ2n) is 9.78. The molecule has 1 aliphatic heterocycles. The summed E-state index contributed by atoms with van der Waals surface area (Å²) in [6.45, 7) is 8.55. The number of rotatable bonds is 9. The fourth-order valence-electron chi connectivity index (χ4n) is 5.28. The van der Waals surface area contributed by atoms with E-state index in [0.29, 0.717) is 41.8 Å². The van der Waals surface area contributed by atoms with Crippen molar-refractivity contribution in [2.24, 2.45) is 5.41 Å². The zero-order valence-electron chi connectivity index (χ0n) is 20.7. The lowest BCUT2D eigenvalue weighted by molar-refractivity contribution is -0.154. The lowest BCUT2D eigenvalue weighted by atomic mass is 9.67. The molecule has 1 aliphatic rings. The predicted molar refractivity (Wildman–Crippen MR) is 147 cm³/mol. The molecule has 0 saturated carbocycles. The molecule has 2 heterocycles. The van der Waals surface area contributed by atoms with Crippen LogP contribution in [0.5, 0.6) is 5.88 Å². The quantitative estimate of drug-likeness (QED) is 0.268. The summed E-state index contributed by atoms with van der Waals surface area (Å²) in [7, 11) is 0. The molecule has 1 fully saturated rings. The van der Waals surface area contributed by atoms with E-state index in [1.807, 2.05) is 66.7 Å². The van der Waals surface area contributed by atoms with Gasteiger partial charge in [-0.1, -0.05) is 66.5 Å². The first-order valence-corrected chi connectivity index (χ1v) is 13.1. The lowest BCUT2D eigenvalue weighted by Crippen LogP contribution is -2.55. The minimum absolute atomic E-state index is 0.0479. The molecule has 0 unspecified atom stereocenters. The van der Waals surface area contributed by atoms with E-state index < -0.39 is 5.41 Å². The third-order valence-electron chi connectivity index (χ3n) is 7.08. The van der Waals surface area contributed by atoms with Crippen LogP contribution in [0.2, 0.25) is 10.0 Å². The van der Waals surface area contributed by atoms with Gasteiger partial charge in [-0.25, -0.2) is 4.98 Å². The van der Waals surface area contributed by atoms with Gasteiger partial charge in [0.25, 0.3) is 0 Å². The first kappa shape index (κ1) is 26.2. The normalized spacial score (nSPS) is 22.8. The van der Waals surface area contributed by atoms with Crippen LogP contribution in [-0.4, -0.2) is 28.4 Å². The van der Waals surface area contributed by atoms with Crippen molar-refractivity contribution in [1.29, 1.82) is 0 Å². The maximum absolute atomic E-state index is 14.2. The molecule has 2 aromatic carbocycles. The van der Waals surface area contributed by atoms with Gasteiger partial charge in [-0.15, -0.1) is 6.58 Å². The number of carbonyl (C=O) groups is 1. The van der Waals surface area contributed by atoms with E-state index in [4.69, 9.17) is 27.9 Å². The van der Waals surface area contributed by atoms with Gasteiger partial charge in [0.1, 0.15) is 0 Å². The van der Waals surface area contributed by atoms with E-state index >= 15 is 0 Å². The van der Waals surface area contributed by atoms with E-state index in [0.717, 1.165) is 11.1 Å². The molecule has 188 valence electrons. The average Bonchev–Trinajstić information content (AvgIpc) is 2.87. The maximum atomic E-state index is 14.2. The van der Waals surface area contributed by atoms with Gasteiger partial charge in [-0.05, 0) is 61.2 Å². The molecular weight excluding hydrogens is 491 g/mol. The molecule has 4 rings (SSSR count). The highest BCUT2D eigenvalue weighted by Crippen LogP contribution is 2.52. The number of hydrogen-bond acceptors (Lipinski definition) is 3. The lowest BCUT2D eigenvalue weighted by Gasteiger charge is -2.51. The number of likely N-dealkylation sites (tertiary alicyclic amines) is 1. The van der Waals surface area contributed by atoms with Crippen molar-refractivity contribution >= 4 is 29.1 Å². The van der Waals surface area contributed by atoms with Crippen LogP contribution >= 0.6 is 23.2 Å². The molecule has 3 aromatic rings. The number of amides is 1. The van der Waals surface area contributed by atoms with Gasteiger partial charge < -0.3 is 9.64 Å². The largest absolute Gasteiger partial charge is 0.478 e. The van der Waals surface area contributed by atoms with Gasteiger partial charge in [0.05, 0.1) is 18.1 Å². The van der Waals surface area contributed by atoms with E-state index in [1.165, 1.54) is 0 Å². The number of allylic oxidation sites excluding steroid dienone is 1. The van der Waals surface area contributed by atoms with E-state index in [9.17, 15) is 4.79 Å². The highest BCUT2D eigenvalue weighted by molar-refractivity contribution is 6.30. The van der Waals surface area contributed by atoms with Crippen molar-refractivity contribution in [2.75, 3.05) is 6.61 Å². The summed E-state index contributed by atoms with van der Waals surface area (Å²) in [4.78, 5) is 20.5. The molecule has 1 saturated heterocycles. The molecule has 0 spiro atoms. The number of ether oxygens (including phenoxy) is 1. The summed E-state index contributed by atoms with van der Waals surface area (Å²) in [5.74, 6) is 0.759. The van der Waals surface area contributed by atoms with Crippen LogP contribution in [-0.2, 0) is 4.79 Å². The van der Waals surface area contributed by atoms with Crippen molar-refractivity contribution in [2.45, 2.75) is 51.1 Å². The van der Waals surface area contributed by atoms with Gasteiger partial charge in [0.15, 0.2) is 0 Å². The third kappa shape index (κ3) is 5.77. The zero-order valence-corrected chi connectivity index (χ0v) is 22.3. The van der Waals surface area contributed by atoms with Crippen LogP contribution in [0.3, 0.4) is 0 Å². The van der Waals surface area contributed by atoms with Crippen LogP contribution in [0, 0.1) is 5.41 Å². The Bertz CT molecular complexity index is 1190. The molecule has 0 radical (unpaired) electrons. The summed E-state index contributed by atoms with van der Waals surface area (Å²) in [5, 5.41) is 1.35. The average molecular weight is 524 g/mol. The fraction of sp³-hybridized carbons (Fsp3) is 0.333. The molecular formula is C30H32Cl2N2O2. The number of hydrogen-bond donors (Lipinski definition) is 0. The fourth-order valence-corrected chi connectivity index (χ4v) is 5.60. The second kappa shape index (κ2) is 11.5. The van der Waals surface area contributed by atoms with Gasteiger partial charge in [0, 0.05) is 40.7 Å². The molecule has 1 aromatic heterocycles. The van der Waals surface area contributed by atoms with E-state index in [1.54, 1.807) is 6.20 Å². The number of carbonyl (C=O) groups excluding carboxylic acids is 1.